The Hall–Kier alpha value is -2.64. The van der Waals surface area contributed by atoms with E-state index in [2.05, 4.69) is 33.2 Å². The maximum absolute atomic E-state index is 13.4. The van der Waals surface area contributed by atoms with Crippen LogP contribution in [0.2, 0.25) is 0 Å². The summed E-state index contributed by atoms with van der Waals surface area (Å²) in [5.41, 5.74) is 4.80. The zero-order valence-electron chi connectivity index (χ0n) is 15.3. The van der Waals surface area contributed by atoms with Crippen molar-refractivity contribution in [1.29, 1.82) is 0 Å². The Morgan fingerprint density at radius 3 is 2.89 bits per heavy atom. The predicted molar refractivity (Wildman–Crippen MR) is 113 cm³/mol. The van der Waals surface area contributed by atoms with Crippen molar-refractivity contribution in [3.05, 3.63) is 76.7 Å². The lowest BCUT2D eigenvalue weighted by Crippen LogP contribution is -2.41. The van der Waals surface area contributed by atoms with Gasteiger partial charge in [-0.1, -0.05) is 36.0 Å². The Morgan fingerprint density at radius 1 is 1.25 bits per heavy atom. The lowest BCUT2D eigenvalue weighted by atomic mass is 9.94. The molecule has 1 N–H and O–H groups in total. The van der Waals surface area contributed by atoms with Crippen LogP contribution in [0.4, 0.5) is 0 Å². The number of pyridine rings is 1. The highest BCUT2D eigenvalue weighted by atomic mass is 32.2. The minimum absolute atomic E-state index is 0.0449. The maximum Gasteiger partial charge on any atom is 0.274 e. The molecule has 3 aromatic heterocycles. The first-order chi connectivity index (χ1) is 13.8. The van der Waals surface area contributed by atoms with Crippen LogP contribution >= 0.6 is 23.1 Å². The topological polar surface area (TPSA) is 61.9 Å². The zero-order chi connectivity index (χ0) is 19.1. The highest BCUT2D eigenvalue weighted by molar-refractivity contribution is 8.00. The number of benzene rings is 1. The van der Waals surface area contributed by atoms with Crippen LogP contribution in [0.3, 0.4) is 0 Å². The molecule has 0 radical (unpaired) electrons. The second kappa shape index (κ2) is 7.07. The molecule has 4 aromatic rings. The highest BCUT2D eigenvalue weighted by Gasteiger charge is 2.36. The number of aromatic amines is 1. The molecular formula is C21H18N4OS2. The Kier molecular flexibility index (Phi) is 4.41. The van der Waals surface area contributed by atoms with Gasteiger partial charge in [0, 0.05) is 34.7 Å². The molecule has 7 heteroatoms. The van der Waals surface area contributed by atoms with E-state index < -0.39 is 0 Å². The van der Waals surface area contributed by atoms with Crippen molar-refractivity contribution >= 4 is 39.9 Å². The van der Waals surface area contributed by atoms with Gasteiger partial charge in [-0.15, -0.1) is 11.3 Å². The molecule has 0 saturated heterocycles. The number of para-hydroxylation sites is 1. The summed E-state index contributed by atoms with van der Waals surface area (Å²) >= 11 is 3.07. The summed E-state index contributed by atoms with van der Waals surface area (Å²) in [5.74, 6) is -0.0449. The van der Waals surface area contributed by atoms with Crippen LogP contribution in [-0.4, -0.2) is 38.6 Å². The molecule has 5 nitrogen and oxygen atoms in total. The number of hydrogen-bond donors (Lipinski definition) is 1. The summed E-state index contributed by atoms with van der Waals surface area (Å²) in [6.07, 6.45) is 4.57. The van der Waals surface area contributed by atoms with Gasteiger partial charge < -0.3 is 9.88 Å². The smallest absolute Gasteiger partial charge is 0.274 e. The van der Waals surface area contributed by atoms with Crippen molar-refractivity contribution in [3.8, 4) is 0 Å². The number of rotatable bonds is 3. The van der Waals surface area contributed by atoms with Crippen molar-refractivity contribution in [2.24, 2.45) is 0 Å². The van der Waals surface area contributed by atoms with Gasteiger partial charge in [0.2, 0.25) is 0 Å². The highest BCUT2D eigenvalue weighted by Crippen LogP contribution is 2.38. The average molecular weight is 407 g/mol. The molecule has 140 valence electrons. The minimum atomic E-state index is -0.246. The molecule has 5 rings (SSSR count). The zero-order valence-corrected chi connectivity index (χ0v) is 16.9. The van der Waals surface area contributed by atoms with Gasteiger partial charge in [-0.25, -0.2) is 4.98 Å². The minimum Gasteiger partial charge on any atom is -0.356 e. The number of amides is 1. The van der Waals surface area contributed by atoms with Crippen LogP contribution in [-0.2, 0) is 6.42 Å². The molecule has 0 spiro atoms. The number of thioether (sulfide) groups is 1. The molecule has 1 aliphatic heterocycles. The van der Waals surface area contributed by atoms with Gasteiger partial charge in [0.25, 0.3) is 5.91 Å². The Bertz CT molecular complexity index is 1150. The standard InChI is InChI=1S/C21H18N4OS2/c1-27-21-24-17(12-28-21)20(26)25-11-9-14-13-6-2-3-7-15(13)23-18(14)19(25)16-8-4-5-10-22-16/h2-8,10,12,19,23H,9,11H2,1H3/t19-/m0/s1. The fraction of sp³-hybridized carbons (Fsp3) is 0.190. The molecule has 1 atom stereocenters. The number of nitrogens with one attached hydrogen (secondary N) is 1. The molecule has 28 heavy (non-hydrogen) atoms. The van der Waals surface area contributed by atoms with Gasteiger partial charge in [-0.05, 0) is 36.4 Å². The van der Waals surface area contributed by atoms with Crippen molar-refractivity contribution in [2.75, 3.05) is 12.8 Å². The Morgan fingerprint density at radius 2 is 2.11 bits per heavy atom. The third-order valence-corrected chi connectivity index (χ3v) is 7.00. The van der Waals surface area contributed by atoms with E-state index in [1.807, 2.05) is 40.8 Å². The van der Waals surface area contributed by atoms with Crippen molar-refractivity contribution in [3.63, 3.8) is 0 Å². The van der Waals surface area contributed by atoms with Crippen molar-refractivity contribution < 1.29 is 4.79 Å². The van der Waals surface area contributed by atoms with Crippen molar-refractivity contribution in [1.82, 2.24) is 19.9 Å². The average Bonchev–Trinajstić information content (AvgIpc) is 3.37. The van der Waals surface area contributed by atoms with Gasteiger partial charge in [0.1, 0.15) is 16.1 Å². The van der Waals surface area contributed by atoms with Crippen LogP contribution in [0.1, 0.15) is 33.5 Å². The first-order valence-corrected chi connectivity index (χ1v) is 11.2. The van der Waals surface area contributed by atoms with Crippen LogP contribution < -0.4 is 0 Å². The third-order valence-electron chi connectivity index (χ3n) is 5.14. The Balaban J connectivity index is 1.64. The number of nitrogens with zero attached hydrogens (tertiary/aromatic N) is 3. The number of carbonyl (C=O) groups is 1. The maximum atomic E-state index is 13.4. The van der Waals surface area contributed by atoms with Crippen LogP contribution in [0.15, 0.2) is 58.4 Å². The molecule has 1 aliphatic rings. The number of fused-ring (bicyclic) bond motifs is 3. The number of aromatic nitrogens is 3. The summed E-state index contributed by atoms with van der Waals surface area (Å²) in [7, 11) is 0. The molecule has 0 bridgehead atoms. The fourth-order valence-electron chi connectivity index (χ4n) is 3.90. The number of carbonyl (C=O) groups excluding carboxylic acids is 1. The predicted octanol–water partition coefficient (Wildman–Crippen LogP) is 4.53. The van der Waals surface area contributed by atoms with E-state index in [9.17, 15) is 4.79 Å². The first-order valence-electron chi connectivity index (χ1n) is 9.07. The fourth-order valence-corrected chi connectivity index (χ4v) is 5.14. The summed E-state index contributed by atoms with van der Waals surface area (Å²) in [5, 5.41) is 3.08. The molecule has 0 aliphatic carbocycles. The van der Waals surface area contributed by atoms with E-state index in [-0.39, 0.29) is 11.9 Å². The third kappa shape index (κ3) is 2.82. The normalized spacial score (nSPS) is 16.3. The molecule has 0 fully saturated rings. The molecular weight excluding hydrogens is 388 g/mol. The van der Waals surface area contributed by atoms with Gasteiger partial charge in [-0.2, -0.15) is 0 Å². The summed E-state index contributed by atoms with van der Waals surface area (Å²) < 4.78 is 0.904. The van der Waals surface area contributed by atoms with Crippen molar-refractivity contribution in [2.45, 2.75) is 16.8 Å². The quantitative estimate of drug-likeness (QED) is 0.508. The number of H-pyrrole nitrogens is 1. The second-order valence-electron chi connectivity index (χ2n) is 6.67. The lowest BCUT2D eigenvalue weighted by molar-refractivity contribution is 0.0683. The van der Waals surface area contributed by atoms with Gasteiger partial charge in [0.15, 0.2) is 0 Å². The monoisotopic (exact) mass is 406 g/mol. The van der Waals surface area contributed by atoms with E-state index in [4.69, 9.17) is 0 Å². The lowest BCUT2D eigenvalue weighted by Gasteiger charge is -2.35. The second-order valence-corrected chi connectivity index (χ2v) is 8.58. The molecule has 4 heterocycles. The number of hydrogen-bond acceptors (Lipinski definition) is 5. The summed E-state index contributed by atoms with van der Waals surface area (Å²) in [4.78, 5) is 27.9. The van der Waals surface area contributed by atoms with E-state index in [1.165, 1.54) is 22.3 Å². The molecule has 0 saturated carbocycles. The molecule has 1 aromatic carbocycles. The van der Waals surface area contributed by atoms with E-state index >= 15 is 0 Å². The van der Waals surface area contributed by atoms with E-state index in [0.29, 0.717) is 12.2 Å². The van der Waals surface area contributed by atoms with Gasteiger partial charge in [0.05, 0.1) is 5.69 Å². The molecule has 1 amide bonds. The summed E-state index contributed by atoms with van der Waals surface area (Å²) in [6.45, 7) is 0.640. The van der Waals surface area contributed by atoms with Crippen LogP contribution in [0, 0.1) is 0 Å². The Labute approximate surface area is 170 Å². The largest absolute Gasteiger partial charge is 0.356 e. The van der Waals surface area contributed by atoms with Gasteiger partial charge in [-0.3, -0.25) is 9.78 Å². The summed E-state index contributed by atoms with van der Waals surface area (Å²) in [6, 6.07) is 13.9. The first kappa shape index (κ1) is 17.5. The SMILES string of the molecule is CSc1nc(C(=O)N2CCc3c([nH]c4ccccc34)[C@@H]2c2ccccn2)cs1. The van der Waals surface area contributed by atoms with Crippen LogP contribution in [0.25, 0.3) is 10.9 Å². The van der Waals surface area contributed by atoms with E-state index in [0.717, 1.165) is 27.7 Å². The van der Waals surface area contributed by atoms with Crippen LogP contribution in [0.5, 0.6) is 0 Å². The van der Waals surface area contributed by atoms with Gasteiger partial charge >= 0.3 is 0 Å². The number of thiazole rings is 1. The van der Waals surface area contributed by atoms with E-state index in [1.54, 1.807) is 18.0 Å². The molecule has 0 unspecified atom stereocenters.